The van der Waals surface area contributed by atoms with E-state index in [0.29, 0.717) is 0 Å². The lowest BCUT2D eigenvalue weighted by Gasteiger charge is -2.40. The summed E-state index contributed by atoms with van der Waals surface area (Å²) in [5.41, 5.74) is -0.893. The highest BCUT2D eigenvalue weighted by atomic mass is 16.7. The molecule has 5 atom stereocenters. The molecule has 3 heterocycles. The van der Waals surface area contributed by atoms with Gasteiger partial charge in [0.1, 0.15) is 48.6 Å². The van der Waals surface area contributed by atoms with Crippen molar-refractivity contribution in [2.45, 2.75) is 37.1 Å². The zero-order chi connectivity index (χ0) is 31.2. The van der Waals surface area contributed by atoms with Crippen molar-refractivity contribution in [1.29, 1.82) is 0 Å². The predicted molar refractivity (Wildman–Crippen MR) is 139 cm³/mol. The van der Waals surface area contributed by atoms with Gasteiger partial charge in [0.25, 0.3) is 0 Å². The minimum atomic E-state index is -1.96. The normalized spacial score (nSPS) is 22.0. The number of aromatic carboxylic acids is 1. The molecule has 16 heteroatoms. The number of benzene rings is 2. The summed E-state index contributed by atoms with van der Waals surface area (Å²) in [6.45, 7) is -0.752. The second-order valence-corrected chi connectivity index (χ2v) is 9.47. The first-order chi connectivity index (χ1) is 20.3. The maximum atomic E-state index is 12.4. The Hall–Kier alpha value is -5.16. The standard InChI is InChI=1S/C27H22O16/c28-10-4-14-20-11(6-16(40-14)26(37)38)25(24(41-15(20)5-10)9-1-2-12(29)13(30)3-9)43-27-23(36)22(35)21(34)17(42-27)8-39-19(33)7-18(31)32/h1-6,17,21-23,27,29-30,34-36H,7-8H2,(H,31,32)(H,37,38). The number of carbonyl (C=O) groups is 3. The Bertz CT molecular complexity index is 1800. The van der Waals surface area contributed by atoms with Crippen molar-refractivity contribution in [2.24, 2.45) is 0 Å². The zero-order valence-electron chi connectivity index (χ0n) is 21.6. The summed E-state index contributed by atoms with van der Waals surface area (Å²) in [4.78, 5) is 46.7. The van der Waals surface area contributed by atoms with E-state index >= 15 is 0 Å². The number of ether oxygens (including phenoxy) is 3. The number of aromatic hydroxyl groups is 2. The second kappa shape index (κ2) is 11.3. The van der Waals surface area contributed by atoms with Crippen molar-refractivity contribution >= 4 is 39.8 Å². The molecule has 7 N–H and O–H groups in total. The number of hydrogen-bond acceptors (Lipinski definition) is 14. The Labute approximate surface area is 238 Å². The van der Waals surface area contributed by atoms with Crippen LogP contribution in [0.15, 0.2) is 50.0 Å². The largest absolute Gasteiger partial charge is 0.504 e. The molecule has 0 bridgehead atoms. The van der Waals surface area contributed by atoms with E-state index in [1.807, 2.05) is 0 Å². The van der Waals surface area contributed by atoms with Crippen molar-refractivity contribution in [3.63, 3.8) is 0 Å². The van der Waals surface area contributed by atoms with Gasteiger partial charge in [-0.3, -0.25) is 14.4 Å². The van der Waals surface area contributed by atoms with Crippen LogP contribution < -0.4 is 10.2 Å². The molecular formula is C27H22O16. The number of hydrogen-bond donors (Lipinski definition) is 7. The Balaban J connectivity index is 1.65. The van der Waals surface area contributed by atoms with Gasteiger partial charge in [0.2, 0.25) is 12.1 Å². The Kier molecular flexibility index (Phi) is 7.68. The lowest BCUT2D eigenvalue weighted by Crippen LogP contribution is -2.60. The highest BCUT2D eigenvalue weighted by molar-refractivity contribution is 6.11. The van der Waals surface area contributed by atoms with Crippen molar-refractivity contribution in [2.75, 3.05) is 6.61 Å². The van der Waals surface area contributed by atoms with Crippen LogP contribution in [0.1, 0.15) is 17.0 Å². The number of aliphatic hydroxyl groups excluding tert-OH is 3. The van der Waals surface area contributed by atoms with Crippen LogP contribution in [0.4, 0.5) is 0 Å². The minimum absolute atomic E-state index is 0.0306. The van der Waals surface area contributed by atoms with Gasteiger partial charge < -0.3 is 58.8 Å². The summed E-state index contributed by atoms with van der Waals surface area (Å²) in [6.07, 6.45) is -10.1. The van der Waals surface area contributed by atoms with Gasteiger partial charge in [-0.25, -0.2) is 4.79 Å². The summed E-state index contributed by atoms with van der Waals surface area (Å²) in [6, 6.07) is 6.55. The molecule has 2 aromatic carbocycles. The van der Waals surface area contributed by atoms with Crippen molar-refractivity contribution in [1.82, 2.24) is 0 Å². The van der Waals surface area contributed by atoms with Crippen LogP contribution in [0.25, 0.3) is 33.3 Å². The van der Waals surface area contributed by atoms with Crippen molar-refractivity contribution < 1.29 is 73.2 Å². The fourth-order valence-corrected chi connectivity index (χ4v) is 4.50. The molecule has 43 heavy (non-hydrogen) atoms. The lowest BCUT2D eigenvalue weighted by atomic mass is 9.99. The number of aliphatic hydroxyl groups is 3. The van der Waals surface area contributed by atoms with E-state index in [4.69, 9.17) is 28.2 Å². The molecule has 226 valence electrons. The molecule has 1 saturated heterocycles. The quantitative estimate of drug-likeness (QED) is 0.0823. The molecule has 1 fully saturated rings. The van der Waals surface area contributed by atoms with Gasteiger partial charge in [0.05, 0.1) is 5.39 Å². The van der Waals surface area contributed by atoms with Crippen LogP contribution in [-0.2, 0) is 19.1 Å². The second-order valence-electron chi connectivity index (χ2n) is 9.47. The Morgan fingerprint density at radius 2 is 1.56 bits per heavy atom. The van der Waals surface area contributed by atoms with Crippen molar-refractivity contribution in [3.05, 3.63) is 52.4 Å². The SMILES string of the molecule is O=C(O)CC(=O)OCC1OC(Oc2c(-c3ccc(O)c(O)c3)oc3cc(=O)cc4oc(C(=O)O)cc2c43)C(O)C(O)C1O. The van der Waals surface area contributed by atoms with E-state index in [9.17, 15) is 49.8 Å². The van der Waals surface area contributed by atoms with E-state index in [0.717, 1.165) is 30.3 Å². The van der Waals surface area contributed by atoms with E-state index < -0.39 is 84.3 Å². The first kappa shape index (κ1) is 29.3. The van der Waals surface area contributed by atoms with Gasteiger partial charge in [-0.05, 0) is 18.2 Å². The van der Waals surface area contributed by atoms with E-state index in [2.05, 4.69) is 0 Å². The average molecular weight is 602 g/mol. The molecular weight excluding hydrogens is 580 g/mol. The summed E-state index contributed by atoms with van der Waals surface area (Å²) >= 11 is 0. The molecule has 1 aliphatic heterocycles. The van der Waals surface area contributed by atoms with Crippen LogP contribution in [0.2, 0.25) is 0 Å². The molecule has 16 nitrogen and oxygen atoms in total. The Morgan fingerprint density at radius 3 is 2.21 bits per heavy atom. The van der Waals surface area contributed by atoms with E-state index in [1.165, 1.54) is 6.07 Å². The van der Waals surface area contributed by atoms with Crippen LogP contribution in [0.3, 0.4) is 0 Å². The summed E-state index contributed by atoms with van der Waals surface area (Å²) < 4.78 is 27.6. The highest BCUT2D eigenvalue weighted by Crippen LogP contribution is 2.44. The van der Waals surface area contributed by atoms with E-state index in [-0.39, 0.29) is 39.0 Å². The molecule has 0 saturated carbocycles. The fraction of sp³-hybridized carbons (Fsp3) is 0.259. The number of carboxylic acid groups (broad SMARTS) is 2. The summed E-state index contributed by atoms with van der Waals surface area (Å²) in [5.74, 6) is -6.53. The molecule has 0 amide bonds. The lowest BCUT2D eigenvalue weighted by molar-refractivity contribution is -0.278. The molecule has 2 aromatic heterocycles. The topological polar surface area (TPSA) is 264 Å². The number of carbonyl (C=O) groups excluding carboxylic acids is 1. The van der Waals surface area contributed by atoms with Gasteiger partial charge in [-0.15, -0.1) is 0 Å². The molecule has 5 unspecified atom stereocenters. The van der Waals surface area contributed by atoms with Crippen LogP contribution in [0.5, 0.6) is 17.2 Å². The average Bonchev–Trinajstić information content (AvgIpc) is 2.94. The third-order valence-corrected chi connectivity index (χ3v) is 6.52. The number of rotatable bonds is 8. The summed E-state index contributed by atoms with van der Waals surface area (Å²) in [5, 5.41) is 70.0. The number of phenolic OH excluding ortho intramolecular Hbond substituents is 2. The van der Waals surface area contributed by atoms with Crippen LogP contribution in [0, 0.1) is 0 Å². The van der Waals surface area contributed by atoms with Crippen LogP contribution >= 0.6 is 0 Å². The molecule has 4 aromatic rings. The minimum Gasteiger partial charge on any atom is -0.504 e. The first-order valence-corrected chi connectivity index (χ1v) is 12.4. The number of aliphatic carboxylic acids is 1. The molecule has 0 aliphatic carbocycles. The monoisotopic (exact) mass is 602 g/mol. The Morgan fingerprint density at radius 1 is 0.860 bits per heavy atom. The fourth-order valence-electron chi connectivity index (χ4n) is 4.50. The molecule has 1 aliphatic rings. The summed E-state index contributed by atoms with van der Waals surface area (Å²) in [7, 11) is 0. The molecule has 0 radical (unpaired) electrons. The van der Waals surface area contributed by atoms with Gasteiger partial charge in [-0.2, -0.15) is 0 Å². The van der Waals surface area contributed by atoms with Crippen LogP contribution in [-0.4, -0.2) is 91.0 Å². The number of carboxylic acids is 2. The third kappa shape index (κ3) is 5.67. The highest BCUT2D eigenvalue weighted by Gasteiger charge is 2.46. The molecule has 5 rings (SSSR count). The zero-order valence-corrected chi connectivity index (χ0v) is 21.6. The number of esters is 1. The smallest absolute Gasteiger partial charge is 0.371 e. The van der Waals surface area contributed by atoms with Gasteiger partial charge in [-0.1, -0.05) is 0 Å². The maximum absolute atomic E-state index is 12.4. The van der Waals surface area contributed by atoms with E-state index in [1.54, 1.807) is 0 Å². The molecule has 0 spiro atoms. The van der Waals surface area contributed by atoms with Gasteiger partial charge in [0.15, 0.2) is 28.4 Å². The van der Waals surface area contributed by atoms with Gasteiger partial charge >= 0.3 is 17.9 Å². The predicted octanol–water partition coefficient (Wildman–Crippen LogP) is 0.520. The first-order valence-electron chi connectivity index (χ1n) is 12.4. The third-order valence-electron chi connectivity index (χ3n) is 6.52. The van der Waals surface area contributed by atoms with Gasteiger partial charge in [0, 0.05) is 29.1 Å². The van der Waals surface area contributed by atoms with Crippen molar-refractivity contribution in [3.8, 4) is 28.6 Å². The number of phenols is 2. The maximum Gasteiger partial charge on any atom is 0.371 e.